The van der Waals surface area contributed by atoms with E-state index in [0.29, 0.717) is 16.5 Å². The SMILES string of the molecule is CC(NC1CCC2(CCCC2)CC1)c1ccc(Cl)cc1Cl. The van der Waals surface area contributed by atoms with Gasteiger partial charge in [-0.05, 0) is 68.6 Å². The van der Waals surface area contributed by atoms with E-state index in [2.05, 4.69) is 12.2 Å². The molecule has 3 heteroatoms. The molecule has 0 heterocycles. The van der Waals surface area contributed by atoms with Crippen LogP contribution in [0, 0.1) is 5.41 Å². The Kier molecular flexibility index (Phi) is 4.83. The molecule has 0 amide bonds. The van der Waals surface area contributed by atoms with Crippen LogP contribution in [-0.2, 0) is 0 Å². The Labute approximate surface area is 138 Å². The molecule has 0 aliphatic heterocycles. The molecule has 0 aromatic heterocycles. The van der Waals surface area contributed by atoms with Crippen molar-refractivity contribution in [2.45, 2.75) is 70.4 Å². The van der Waals surface area contributed by atoms with E-state index in [-0.39, 0.29) is 6.04 Å². The molecule has 0 saturated heterocycles. The van der Waals surface area contributed by atoms with Crippen LogP contribution in [0.1, 0.15) is 69.9 Å². The third-order valence-corrected chi connectivity index (χ3v) is 6.19. The van der Waals surface area contributed by atoms with Crippen LogP contribution in [0.3, 0.4) is 0 Å². The average molecular weight is 326 g/mol. The Morgan fingerprint density at radius 2 is 1.76 bits per heavy atom. The molecule has 1 aromatic carbocycles. The van der Waals surface area contributed by atoms with Crippen molar-refractivity contribution in [1.29, 1.82) is 0 Å². The van der Waals surface area contributed by atoms with Gasteiger partial charge in [0.1, 0.15) is 0 Å². The van der Waals surface area contributed by atoms with Crippen LogP contribution >= 0.6 is 23.2 Å². The fourth-order valence-electron chi connectivity index (χ4n) is 4.32. The maximum atomic E-state index is 6.32. The second-order valence-corrected chi connectivity index (χ2v) is 7.88. The van der Waals surface area contributed by atoms with Gasteiger partial charge in [0.15, 0.2) is 0 Å². The Balaban J connectivity index is 1.57. The van der Waals surface area contributed by atoms with Gasteiger partial charge in [-0.25, -0.2) is 0 Å². The molecule has 116 valence electrons. The normalized spacial score (nSPS) is 23.6. The van der Waals surface area contributed by atoms with Crippen LogP contribution in [0.5, 0.6) is 0 Å². The lowest BCUT2D eigenvalue weighted by Gasteiger charge is -2.38. The van der Waals surface area contributed by atoms with Crippen molar-refractivity contribution in [3.8, 4) is 0 Å². The first-order valence-corrected chi connectivity index (χ1v) is 9.05. The molecule has 1 N–H and O–H groups in total. The lowest BCUT2D eigenvalue weighted by molar-refractivity contribution is 0.164. The highest BCUT2D eigenvalue weighted by molar-refractivity contribution is 6.35. The molecular formula is C18H25Cl2N. The molecule has 1 nitrogen and oxygen atoms in total. The van der Waals surface area contributed by atoms with E-state index in [0.717, 1.165) is 10.6 Å². The zero-order chi connectivity index (χ0) is 14.9. The zero-order valence-corrected chi connectivity index (χ0v) is 14.3. The molecule has 2 fully saturated rings. The Morgan fingerprint density at radius 3 is 2.38 bits per heavy atom. The fraction of sp³-hybridized carbons (Fsp3) is 0.667. The predicted molar refractivity (Wildman–Crippen MR) is 91.2 cm³/mol. The number of nitrogens with one attached hydrogen (secondary N) is 1. The highest BCUT2D eigenvalue weighted by atomic mass is 35.5. The summed E-state index contributed by atoms with van der Waals surface area (Å²) in [6, 6.07) is 6.74. The van der Waals surface area contributed by atoms with E-state index in [4.69, 9.17) is 23.2 Å². The van der Waals surface area contributed by atoms with Crippen molar-refractivity contribution in [1.82, 2.24) is 5.32 Å². The van der Waals surface area contributed by atoms with Crippen molar-refractivity contribution in [3.05, 3.63) is 33.8 Å². The van der Waals surface area contributed by atoms with Gasteiger partial charge in [-0.15, -0.1) is 0 Å². The summed E-state index contributed by atoms with van der Waals surface area (Å²) in [6.07, 6.45) is 11.3. The molecule has 21 heavy (non-hydrogen) atoms. The summed E-state index contributed by atoms with van der Waals surface area (Å²) in [5, 5.41) is 5.25. The molecule has 2 aliphatic rings. The van der Waals surface area contributed by atoms with Crippen molar-refractivity contribution < 1.29 is 0 Å². The molecule has 0 radical (unpaired) electrons. The van der Waals surface area contributed by atoms with Gasteiger partial charge in [0.05, 0.1) is 0 Å². The van der Waals surface area contributed by atoms with Crippen LogP contribution in [0.4, 0.5) is 0 Å². The van der Waals surface area contributed by atoms with E-state index in [1.807, 2.05) is 18.2 Å². The second-order valence-electron chi connectivity index (χ2n) is 7.04. The van der Waals surface area contributed by atoms with Gasteiger partial charge < -0.3 is 5.32 Å². The minimum atomic E-state index is 0.289. The summed E-state index contributed by atoms with van der Waals surface area (Å²) in [5.74, 6) is 0. The van der Waals surface area contributed by atoms with Crippen LogP contribution < -0.4 is 5.32 Å². The summed E-state index contributed by atoms with van der Waals surface area (Å²) in [5.41, 5.74) is 1.86. The quantitative estimate of drug-likeness (QED) is 0.703. The third kappa shape index (κ3) is 3.57. The highest BCUT2D eigenvalue weighted by Crippen LogP contribution is 2.49. The zero-order valence-electron chi connectivity index (χ0n) is 12.8. The first-order chi connectivity index (χ1) is 10.1. The Morgan fingerprint density at radius 1 is 1.10 bits per heavy atom. The van der Waals surface area contributed by atoms with Crippen LogP contribution in [0.2, 0.25) is 10.0 Å². The van der Waals surface area contributed by atoms with Crippen LogP contribution in [0.15, 0.2) is 18.2 Å². The van der Waals surface area contributed by atoms with Gasteiger partial charge in [0, 0.05) is 22.1 Å². The molecular weight excluding hydrogens is 301 g/mol. The molecule has 2 aliphatic carbocycles. The lowest BCUT2D eigenvalue weighted by atomic mass is 9.71. The second kappa shape index (κ2) is 6.48. The number of rotatable bonds is 3. The molecule has 1 spiro atoms. The van der Waals surface area contributed by atoms with Crippen LogP contribution in [-0.4, -0.2) is 6.04 Å². The van der Waals surface area contributed by atoms with Crippen molar-refractivity contribution in [2.24, 2.45) is 5.41 Å². The molecule has 3 rings (SSSR count). The minimum Gasteiger partial charge on any atom is -0.307 e. The Bertz CT molecular complexity index is 484. The standard InChI is InChI=1S/C18H25Cl2N/c1-13(16-5-4-14(19)12-17(16)20)21-15-6-10-18(11-7-15)8-2-3-9-18/h4-5,12-13,15,21H,2-3,6-11H2,1H3. The first-order valence-electron chi connectivity index (χ1n) is 8.29. The number of halogens is 2. The topological polar surface area (TPSA) is 12.0 Å². The fourth-order valence-corrected chi connectivity index (χ4v) is 4.89. The smallest absolute Gasteiger partial charge is 0.0468 e. The Hall–Kier alpha value is -0.240. The number of hydrogen-bond donors (Lipinski definition) is 1. The maximum absolute atomic E-state index is 6.32. The van der Waals surface area contributed by atoms with Crippen LogP contribution in [0.25, 0.3) is 0 Å². The van der Waals surface area contributed by atoms with E-state index < -0.39 is 0 Å². The van der Waals surface area contributed by atoms with E-state index >= 15 is 0 Å². The summed E-state index contributed by atoms with van der Waals surface area (Å²) in [6.45, 7) is 2.20. The van der Waals surface area contributed by atoms with Gasteiger partial charge in [0.25, 0.3) is 0 Å². The largest absolute Gasteiger partial charge is 0.307 e. The predicted octanol–water partition coefficient (Wildman–Crippen LogP) is 6.15. The minimum absolute atomic E-state index is 0.289. The number of hydrogen-bond acceptors (Lipinski definition) is 1. The number of benzene rings is 1. The van der Waals surface area contributed by atoms with Crippen molar-refractivity contribution >= 4 is 23.2 Å². The van der Waals surface area contributed by atoms with Gasteiger partial charge in [0.2, 0.25) is 0 Å². The maximum Gasteiger partial charge on any atom is 0.0468 e. The summed E-state index contributed by atoms with van der Waals surface area (Å²) < 4.78 is 0. The monoisotopic (exact) mass is 325 g/mol. The van der Waals surface area contributed by atoms with Crippen molar-refractivity contribution in [3.63, 3.8) is 0 Å². The summed E-state index contributed by atoms with van der Waals surface area (Å²) in [7, 11) is 0. The molecule has 1 atom stereocenters. The average Bonchev–Trinajstić information content (AvgIpc) is 2.90. The molecule has 0 bridgehead atoms. The van der Waals surface area contributed by atoms with E-state index in [9.17, 15) is 0 Å². The lowest BCUT2D eigenvalue weighted by Crippen LogP contribution is -2.38. The third-order valence-electron chi connectivity index (χ3n) is 5.63. The summed E-state index contributed by atoms with van der Waals surface area (Å²) in [4.78, 5) is 0. The van der Waals surface area contributed by atoms with Crippen molar-refractivity contribution in [2.75, 3.05) is 0 Å². The van der Waals surface area contributed by atoms with E-state index in [1.165, 1.54) is 51.4 Å². The highest BCUT2D eigenvalue weighted by Gasteiger charge is 2.37. The van der Waals surface area contributed by atoms with Gasteiger partial charge >= 0.3 is 0 Å². The molecule has 2 saturated carbocycles. The van der Waals surface area contributed by atoms with Gasteiger partial charge in [-0.3, -0.25) is 0 Å². The van der Waals surface area contributed by atoms with Gasteiger partial charge in [-0.1, -0.05) is 42.1 Å². The molecule has 1 aromatic rings. The summed E-state index contributed by atoms with van der Waals surface area (Å²) >= 11 is 12.3. The van der Waals surface area contributed by atoms with E-state index in [1.54, 1.807) is 0 Å². The molecule has 1 unspecified atom stereocenters. The van der Waals surface area contributed by atoms with Gasteiger partial charge in [-0.2, -0.15) is 0 Å². The first kappa shape index (κ1) is 15.6.